The first-order valence-electron chi connectivity index (χ1n) is 6.49. The van der Waals surface area contributed by atoms with Gasteiger partial charge in [0.15, 0.2) is 0 Å². The van der Waals surface area contributed by atoms with Crippen LogP contribution in [0.3, 0.4) is 0 Å². The van der Waals surface area contributed by atoms with Crippen LogP contribution in [0.15, 0.2) is 24.3 Å². The van der Waals surface area contributed by atoms with Crippen molar-refractivity contribution in [3.05, 3.63) is 35.4 Å². The summed E-state index contributed by atoms with van der Waals surface area (Å²) in [6.45, 7) is 2.45. The van der Waals surface area contributed by atoms with Crippen molar-refractivity contribution in [3.8, 4) is 0 Å². The second-order valence-corrected chi connectivity index (χ2v) is 4.76. The number of amides is 4. The van der Waals surface area contributed by atoms with E-state index in [0.29, 0.717) is 13.0 Å². The number of aryl methyl sites for hydroxylation is 1. The summed E-state index contributed by atoms with van der Waals surface area (Å²) in [6.07, 6.45) is 0.501. The molecule has 1 aromatic rings. The summed E-state index contributed by atoms with van der Waals surface area (Å²) >= 11 is 0. The van der Waals surface area contributed by atoms with Crippen LogP contribution in [-0.2, 0) is 16.1 Å². The topological polar surface area (TPSA) is 87.3 Å². The van der Waals surface area contributed by atoms with Gasteiger partial charge in [-0.1, -0.05) is 24.3 Å². The van der Waals surface area contributed by atoms with Gasteiger partial charge >= 0.3 is 6.03 Å². The highest BCUT2D eigenvalue weighted by Crippen LogP contribution is 2.07. The fraction of sp³-hybridized carbons (Fsp3) is 0.357. The Morgan fingerprint density at radius 1 is 1.30 bits per heavy atom. The van der Waals surface area contributed by atoms with Gasteiger partial charge in [-0.15, -0.1) is 0 Å². The van der Waals surface area contributed by atoms with E-state index in [0.717, 1.165) is 11.1 Å². The second kappa shape index (κ2) is 6.18. The Kier molecular flexibility index (Phi) is 4.34. The normalized spacial score (nSPS) is 17.6. The van der Waals surface area contributed by atoms with E-state index in [1.165, 1.54) is 0 Å². The number of rotatable bonds is 5. The van der Waals surface area contributed by atoms with Crippen LogP contribution in [0.25, 0.3) is 0 Å². The van der Waals surface area contributed by atoms with E-state index in [2.05, 4.69) is 16.0 Å². The second-order valence-electron chi connectivity index (χ2n) is 4.76. The average molecular weight is 275 g/mol. The lowest BCUT2D eigenvalue weighted by Crippen LogP contribution is -2.31. The Bertz CT molecular complexity index is 542. The zero-order chi connectivity index (χ0) is 14.5. The Morgan fingerprint density at radius 2 is 2.05 bits per heavy atom. The van der Waals surface area contributed by atoms with Crippen LogP contribution in [-0.4, -0.2) is 23.9 Å². The highest BCUT2D eigenvalue weighted by Gasteiger charge is 2.29. The fourth-order valence-corrected chi connectivity index (χ4v) is 2.03. The van der Waals surface area contributed by atoms with E-state index in [1.807, 2.05) is 31.2 Å². The minimum Gasteiger partial charge on any atom is -0.352 e. The lowest BCUT2D eigenvalue weighted by molar-refractivity contribution is -0.122. The molecular weight excluding hydrogens is 258 g/mol. The van der Waals surface area contributed by atoms with Gasteiger partial charge in [-0.3, -0.25) is 14.9 Å². The molecule has 0 saturated carbocycles. The molecule has 6 heteroatoms. The molecule has 0 radical (unpaired) electrons. The summed E-state index contributed by atoms with van der Waals surface area (Å²) in [5, 5.41) is 7.40. The third-order valence-electron chi connectivity index (χ3n) is 3.26. The molecule has 1 aliphatic heterocycles. The molecule has 0 aromatic heterocycles. The Labute approximate surface area is 116 Å². The summed E-state index contributed by atoms with van der Waals surface area (Å²) in [5.74, 6) is -0.510. The van der Waals surface area contributed by atoms with E-state index in [9.17, 15) is 14.4 Å². The standard InChI is InChI=1S/C14H17N3O3/c1-9-4-2-3-5-10(9)8-15-12(18)7-6-11-13(19)17-14(20)16-11/h2-5,11H,6-8H2,1H3,(H,15,18)(H2,16,17,19,20)/t11-/m1/s1. The highest BCUT2D eigenvalue weighted by atomic mass is 16.2. The van der Waals surface area contributed by atoms with Gasteiger partial charge in [0, 0.05) is 13.0 Å². The smallest absolute Gasteiger partial charge is 0.322 e. The van der Waals surface area contributed by atoms with Gasteiger partial charge in [0.1, 0.15) is 6.04 Å². The molecule has 1 aromatic carbocycles. The minimum atomic E-state index is -0.605. The average Bonchev–Trinajstić information content (AvgIpc) is 2.74. The predicted molar refractivity (Wildman–Crippen MR) is 72.7 cm³/mol. The van der Waals surface area contributed by atoms with Gasteiger partial charge in [-0.2, -0.15) is 0 Å². The Hall–Kier alpha value is -2.37. The first-order chi connectivity index (χ1) is 9.56. The molecule has 20 heavy (non-hydrogen) atoms. The van der Waals surface area contributed by atoms with Crippen LogP contribution >= 0.6 is 0 Å². The van der Waals surface area contributed by atoms with Gasteiger partial charge in [0.2, 0.25) is 5.91 Å². The van der Waals surface area contributed by atoms with Gasteiger partial charge in [0.25, 0.3) is 5.91 Å². The van der Waals surface area contributed by atoms with E-state index in [4.69, 9.17) is 0 Å². The maximum atomic E-state index is 11.7. The van der Waals surface area contributed by atoms with Crippen molar-refractivity contribution >= 4 is 17.8 Å². The van der Waals surface area contributed by atoms with Crippen molar-refractivity contribution in [2.45, 2.75) is 32.4 Å². The van der Waals surface area contributed by atoms with Gasteiger partial charge in [-0.05, 0) is 24.5 Å². The van der Waals surface area contributed by atoms with Crippen LogP contribution in [0.4, 0.5) is 4.79 Å². The number of hydrogen-bond acceptors (Lipinski definition) is 3. The Balaban J connectivity index is 1.75. The number of nitrogens with one attached hydrogen (secondary N) is 3. The SMILES string of the molecule is Cc1ccccc1CNC(=O)CC[C@H]1NC(=O)NC1=O. The summed E-state index contributed by atoms with van der Waals surface area (Å²) in [4.78, 5) is 33.9. The molecule has 1 atom stereocenters. The monoisotopic (exact) mass is 275 g/mol. The molecule has 0 spiro atoms. The van der Waals surface area contributed by atoms with Crippen LogP contribution in [0.2, 0.25) is 0 Å². The fourth-order valence-electron chi connectivity index (χ4n) is 2.03. The summed E-state index contributed by atoms with van der Waals surface area (Å²) in [6, 6.07) is 6.71. The van der Waals surface area contributed by atoms with Crippen LogP contribution in [0, 0.1) is 6.92 Å². The minimum absolute atomic E-state index is 0.137. The van der Waals surface area contributed by atoms with Crippen molar-refractivity contribution in [2.24, 2.45) is 0 Å². The van der Waals surface area contributed by atoms with Crippen molar-refractivity contribution in [1.82, 2.24) is 16.0 Å². The number of carbonyl (C=O) groups excluding carboxylic acids is 3. The van der Waals surface area contributed by atoms with E-state index in [-0.39, 0.29) is 18.2 Å². The van der Waals surface area contributed by atoms with E-state index < -0.39 is 12.1 Å². The molecule has 1 heterocycles. The largest absolute Gasteiger partial charge is 0.352 e. The maximum absolute atomic E-state index is 11.7. The summed E-state index contributed by atoms with van der Waals surface area (Å²) in [7, 11) is 0. The van der Waals surface area contributed by atoms with Crippen LogP contribution in [0.1, 0.15) is 24.0 Å². The molecule has 3 N–H and O–H groups in total. The lowest BCUT2D eigenvalue weighted by atomic mass is 10.1. The molecule has 1 fully saturated rings. The molecular formula is C14H17N3O3. The summed E-state index contributed by atoms with van der Waals surface area (Å²) in [5.41, 5.74) is 2.18. The van der Waals surface area contributed by atoms with E-state index >= 15 is 0 Å². The van der Waals surface area contributed by atoms with Gasteiger partial charge in [-0.25, -0.2) is 4.79 Å². The highest BCUT2D eigenvalue weighted by molar-refractivity contribution is 6.04. The molecule has 4 amide bonds. The predicted octanol–water partition coefficient (Wildman–Crippen LogP) is 0.599. The third kappa shape index (κ3) is 3.57. The molecule has 0 aliphatic carbocycles. The van der Waals surface area contributed by atoms with Crippen molar-refractivity contribution in [2.75, 3.05) is 0 Å². The molecule has 2 rings (SSSR count). The molecule has 1 saturated heterocycles. The number of imide groups is 1. The molecule has 1 aliphatic rings. The van der Waals surface area contributed by atoms with Crippen molar-refractivity contribution in [3.63, 3.8) is 0 Å². The molecule has 0 bridgehead atoms. The van der Waals surface area contributed by atoms with E-state index in [1.54, 1.807) is 0 Å². The zero-order valence-corrected chi connectivity index (χ0v) is 11.2. The molecule has 0 unspecified atom stereocenters. The number of benzene rings is 1. The lowest BCUT2D eigenvalue weighted by Gasteiger charge is -2.09. The third-order valence-corrected chi connectivity index (χ3v) is 3.26. The molecule has 106 valence electrons. The summed E-state index contributed by atoms with van der Waals surface area (Å²) < 4.78 is 0. The molecule has 6 nitrogen and oxygen atoms in total. The first kappa shape index (κ1) is 14.0. The van der Waals surface area contributed by atoms with Crippen LogP contribution in [0.5, 0.6) is 0 Å². The van der Waals surface area contributed by atoms with Crippen molar-refractivity contribution < 1.29 is 14.4 Å². The zero-order valence-electron chi connectivity index (χ0n) is 11.2. The van der Waals surface area contributed by atoms with Gasteiger partial charge in [0.05, 0.1) is 0 Å². The number of hydrogen-bond donors (Lipinski definition) is 3. The number of urea groups is 1. The van der Waals surface area contributed by atoms with Crippen LogP contribution < -0.4 is 16.0 Å². The quantitative estimate of drug-likeness (QED) is 0.688. The maximum Gasteiger partial charge on any atom is 0.322 e. The van der Waals surface area contributed by atoms with Gasteiger partial charge < -0.3 is 10.6 Å². The van der Waals surface area contributed by atoms with Crippen molar-refractivity contribution in [1.29, 1.82) is 0 Å². The Morgan fingerprint density at radius 3 is 2.70 bits per heavy atom. The number of carbonyl (C=O) groups is 3. The first-order valence-corrected chi connectivity index (χ1v) is 6.49.